The molecule has 0 radical (unpaired) electrons. The zero-order chi connectivity index (χ0) is 16.8. The van der Waals surface area contributed by atoms with E-state index in [1.807, 2.05) is 0 Å². The van der Waals surface area contributed by atoms with E-state index in [2.05, 4.69) is 15.4 Å². The summed E-state index contributed by atoms with van der Waals surface area (Å²) in [7, 11) is 0. The van der Waals surface area contributed by atoms with Crippen molar-refractivity contribution in [3.8, 4) is 5.75 Å². The lowest BCUT2D eigenvalue weighted by atomic mass is 10.3. The topological polar surface area (TPSA) is 50.4 Å². The number of nitrogens with one attached hydrogen (secondary N) is 2. The van der Waals surface area contributed by atoms with E-state index in [9.17, 15) is 13.6 Å². The number of rotatable bonds is 6. The standard InChI is InChI=1S/C15H12Cl2F2N2O2/c16-11-2-1-3-12(14(11)17)21-13(22)8-20-9-4-6-10(7-5-9)23-15(18)19/h1-7,15,20H,8H2,(H,21,22). The second-order valence-corrected chi connectivity index (χ2v) is 5.19. The Kier molecular flexibility index (Phi) is 6.01. The predicted molar refractivity (Wildman–Crippen MR) is 86.7 cm³/mol. The summed E-state index contributed by atoms with van der Waals surface area (Å²) in [6.07, 6.45) is 0. The summed E-state index contributed by atoms with van der Waals surface area (Å²) in [5, 5.41) is 6.07. The third-order valence-corrected chi connectivity index (χ3v) is 3.58. The maximum absolute atomic E-state index is 12.0. The van der Waals surface area contributed by atoms with E-state index in [0.717, 1.165) is 0 Å². The van der Waals surface area contributed by atoms with Crippen molar-refractivity contribution in [2.45, 2.75) is 6.61 Å². The molecule has 0 aliphatic heterocycles. The highest BCUT2D eigenvalue weighted by atomic mass is 35.5. The third-order valence-electron chi connectivity index (χ3n) is 2.76. The van der Waals surface area contributed by atoms with Crippen molar-refractivity contribution < 1.29 is 18.3 Å². The molecule has 0 aliphatic rings. The first-order chi connectivity index (χ1) is 11.0. The number of carbonyl (C=O) groups excluding carboxylic acids is 1. The Morgan fingerprint density at radius 2 is 1.83 bits per heavy atom. The zero-order valence-electron chi connectivity index (χ0n) is 11.7. The molecule has 2 N–H and O–H groups in total. The van der Waals surface area contributed by atoms with Gasteiger partial charge in [0.25, 0.3) is 0 Å². The maximum Gasteiger partial charge on any atom is 0.387 e. The van der Waals surface area contributed by atoms with Crippen LogP contribution in [-0.2, 0) is 4.79 Å². The largest absolute Gasteiger partial charge is 0.435 e. The molecule has 0 saturated heterocycles. The normalized spacial score (nSPS) is 10.5. The first-order valence-electron chi connectivity index (χ1n) is 6.48. The monoisotopic (exact) mass is 360 g/mol. The lowest BCUT2D eigenvalue weighted by Gasteiger charge is -2.10. The number of benzene rings is 2. The highest BCUT2D eigenvalue weighted by Gasteiger charge is 2.08. The van der Waals surface area contributed by atoms with Gasteiger partial charge in [-0.3, -0.25) is 4.79 Å². The van der Waals surface area contributed by atoms with Crippen molar-refractivity contribution in [2.75, 3.05) is 17.2 Å². The van der Waals surface area contributed by atoms with Crippen LogP contribution in [0.1, 0.15) is 0 Å². The first kappa shape index (κ1) is 17.3. The molecule has 0 bridgehead atoms. The van der Waals surface area contributed by atoms with E-state index in [0.29, 0.717) is 16.4 Å². The number of alkyl halides is 2. The van der Waals surface area contributed by atoms with Crippen LogP contribution in [0.15, 0.2) is 42.5 Å². The van der Waals surface area contributed by atoms with Crippen LogP contribution in [0.5, 0.6) is 5.75 Å². The number of ether oxygens (including phenoxy) is 1. The lowest BCUT2D eigenvalue weighted by molar-refractivity contribution is -0.114. The quantitative estimate of drug-likeness (QED) is 0.788. The molecule has 0 heterocycles. The second-order valence-electron chi connectivity index (χ2n) is 4.41. The second kappa shape index (κ2) is 7.99. The van der Waals surface area contributed by atoms with Crippen molar-refractivity contribution in [3.63, 3.8) is 0 Å². The average Bonchev–Trinajstić information content (AvgIpc) is 2.51. The molecule has 0 fully saturated rings. The zero-order valence-corrected chi connectivity index (χ0v) is 13.2. The Balaban J connectivity index is 1.88. The molecular weight excluding hydrogens is 349 g/mol. The molecule has 122 valence electrons. The molecule has 0 aromatic heterocycles. The van der Waals surface area contributed by atoms with Gasteiger partial charge in [-0.1, -0.05) is 29.3 Å². The van der Waals surface area contributed by atoms with Gasteiger partial charge in [-0.15, -0.1) is 0 Å². The van der Waals surface area contributed by atoms with Crippen LogP contribution in [-0.4, -0.2) is 19.1 Å². The van der Waals surface area contributed by atoms with Crippen LogP contribution >= 0.6 is 23.2 Å². The van der Waals surface area contributed by atoms with Crippen molar-refractivity contribution >= 4 is 40.5 Å². The Labute approximate surface area is 141 Å². The molecule has 0 spiro atoms. The number of hydrogen-bond donors (Lipinski definition) is 2. The molecule has 0 unspecified atom stereocenters. The summed E-state index contributed by atoms with van der Waals surface area (Å²) >= 11 is 11.8. The minimum Gasteiger partial charge on any atom is -0.435 e. The SMILES string of the molecule is O=C(CNc1ccc(OC(F)F)cc1)Nc1cccc(Cl)c1Cl. The number of amides is 1. The highest BCUT2D eigenvalue weighted by Crippen LogP contribution is 2.29. The van der Waals surface area contributed by atoms with Crippen LogP contribution in [0, 0.1) is 0 Å². The summed E-state index contributed by atoms with van der Waals surface area (Å²) in [5.74, 6) is -0.289. The fourth-order valence-electron chi connectivity index (χ4n) is 1.73. The van der Waals surface area contributed by atoms with Gasteiger partial charge >= 0.3 is 6.61 Å². The summed E-state index contributed by atoms with van der Waals surface area (Å²) < 4.78 is 28.3. The number of hydrogen-bond acceptors (Lipinski definition) is 3. The van der Waals surface area contributed by atoms with Gasteiger partial charge in [-0.05, 0) is 36.4 Å². The lowest BCUT2D eigenvalue weighted by Crippen LogP contribution is -2.21. The molecule has 2 aromatic carbocycles. The molecule has 8 heteroatoms. The van der Waals surface area contributed by atoms with Crippen LogP contribution < -0.4 is 15.4 Å². The van der Waals surface area contributed by atoms with E-state index >= 15 is 0 Å². The maximum atomic E-state index is 12.0. The minimum atomic E-state index is -2.87. The van der Waals surface area contributed by atoms with Gasteiger partial charge in [0.05, 0.1) is 22.3 Å². The molecule has 2 aromatic rings. The van der Waals surface area contributed by atoms with Crippen molar-refractivity contribution in [1.29, 1.82) is 0 Å². The van der Waals surface area contributed by atoms with Crippen molar-refractivity contribution in [2.24, 2.45) is 0 Å². The smallest absolute Gasteiger partial charge is 0.387 e. The van der Waals surface area contributed by atoms with Crippen LogP contribution in [0.25, 0.3) is 0 Å². The predicted octanol–water partition coefficient (Wildman–Crippen LogP) is 4.65. The third kappa shape index (κ3) is 5.26. The molecule has 2 rings (SSSR count). The summed E-state index contributed by atoms with van der Waals surface area (Å²) in [6.45, 7) is -2.90. The van der Waals surface area contributed by atoms with Crippen LogP contribution in [0.3, 0.4) is 0 Å². The fraction of sp³-hybridized carbons (Fsp3) is 0.133. The molecule has 23 heavy (non-hydrogen) atoms. The summed E-state index contributed by atoms with van der Waals surface area (Å²) in [4.78, 5) is 11.9. The van der Waals surface area contributed by atoms with Gasteiger partial charge in [-0.25, -0.2) is 0 Å². The molecule has 0 aliphatic carbocycles. The van der Waals surface area contributed by atoms with Gasteiger partial charge in [0, 0.05) is 5.69 Å². The van der Waals surface area contributed by atoms with E-state index in [1.165, 1.54) is 24.3 Å². The molecule has 0 atom stereocenters. The van der Waals surface area contributed by atoms with Gasteiger partial charge < -0.3 is 15.4 Å². The number of carbonyl (C=O) groups is 1. The Hall–Kier alpha value is -2.05. The van der Waals surface area contributed by atoms with E-state index in [4.69, 9.17) is 23.2 Å². The van der Waals surface area contributed by atoms with Gasteiger partial charge in [0.1, 0.15) is 5.75 Å². The van der Waals surface area contributed by atoms with Crippen molar-refractivity contribution in [3.05, 3.63) is 52.5 Å². The van der Waals surface area contributed by atoms with Crippen molar-refractivity contribution in [1.82, 2.24) is 0 Å². The Bertz CT molecular complexity index is 682. The van der Waals surface area contributed by atoms with Gasteiger partial charge in [0.2, 0.25) is 5.91 Å². The molecule has 1 amide bonds. The Morgan fingerprint density at radius 1 is 1.13 bits per heavy atom. The highest BCUT2D eigenvalue weighted by molar-refractivity contribution is 6.44. The Morgan fingerprint density at radius 3 is 2.48 bits per heavy atom. The summed E-state index contributed by atoms with van der Waals surface area (Å²) in [5.41, 5.74) is 0.991. The molecular formula is C15H12Cl2F2N2O2. The van der Waals surface area contributed by atoms with E-state index in [1.54, 1.807) is 18.2 Å². The number of anilines is 2. The minimum absolute atomic E-state index is 0.0299. The molecule has 0 saturated carbocycles. The fourth-order valence-corrected chi connectivity index (χ4v) is 2.08. The summed E-state index contributed by atoms with van der Waals surface area (Å²) in [6, 6.07) is 10.7. The van der Waals surface area contributed by atoms with Crippen LogP contribution in [0.4, 0.5) is 20.2 Å². The van der Waals surface area contributed by atoms with E-state index in [-0.39, 0.29) is 23.2 Å². The van der Waals surface area contributed by atoms with Gasteiger partial charge in [-0.2, -0.15) is 8.78 Å². The first-order valence-corrected chi connectivity index (χ1v) is 7.24. The van der Waals surface area contributed by atoms with E-state index < -0.39 is 6.61 Å². The molecule has 4 nitrogen and oxygen atoms in total. The number of halogens is 4. The van der Waals surface area contributed by atoms with Gasteiger partial charge in [0.15, 0.2) is 0 Å². The average molecular weight is 361 g/mol. The van der Waals surface area contributed by atoms with Crippen LogP contribution in [0.2, 0.25) is 10.0 Å².